The standard InChI is InChI=1S/C22H24N4O12S/c1-11(27)35-10-15-18(36-12(2)28)19(37-13(3)29)20(38-15)25-8-6-16(23-21(25)30)24-22(31)34-9-7-14-4-5-17(39-14)26(32)33/h4-6,8,15,18-20H,7,9-10H2,1-3H3,(H,23,24,30,31)/t15-,18-,19+,20-/m1/s1. The molecule has 3 heterocycles. The van der Waals surface area contributed by atoms with E-state index in [1.165, 1.54) is 18.3 Å². The quantitative estimate of drug-likeness (QED) is 0.186. The lowest BCUT2D eigenvalue weighted by molar-refractivity contribution is -0.380. The molecule has 0 radical (unpaired) electrons. The van der Waals surface area contributed by atoms with Gasteiger partial charge in [-0.05, 0) is 12.1 Å². The van der Waals surface area contributed by atoms with Gasteiger partial charge in [0, 0.05) is 44.3 Å². The molecular formula is C22H24N4O12S. The summed E-state index contributed by atoms with van der Waals surface area (Å²) >= 11 is 0.961. The summed E-state index contributed by atoms with van der Waals surface area (Å²) in [5.74, 6) is -2.28. The van der Waals surface area contributed by atoms with Crippen molar-refractivity contribution in [2.75, 3.05) is 18.5 Å². The molecule has 17 heteroatoms. The monoisotopic (exact) mass is 568 g/mol. The first-order valence-electron chi connectivity index (χ1n) is 11.3. The third-order valence-electron chi connectivity index (χ3n) is 5.08. The SMILES string of the molecule is CC(=O)OC[C@H]1O[C@@H](n2ccc(NC(=O)OCCc3ccc([N+](=O)[O-])s3)nc2=O)[C@@H](OC(C)=O)[C@@H]1OC(C)=O. The highest BCUT2D eigenvalue weighted by Gasteiger charge is 2.51. The molecule has 0 aromatic carbocycles. The molecule has 1 aliphatic heterocycles. The van der Waals surface area contributed by atoms with Crippen LogP contribution in [0.5, 0.6) is 0 Å². The second-order valence-corrected chi connectivity index (χ2v) is 9.17. The van der Waals surface area contributed by atoms with Gasteiger partial charge in [-0.2, -0.15) is 4.98 Å². The second-order valence-electron chi connectivity index (χ2n) is 8.03. The minimum absolute atomic E-state index is 0.0294. The first kappa shape index (κ1) is 29.2. The maximum atomic E-state index is 12.8. The van der Waals surface area contributed by atoms with Gasteiger partial charge in [0.2, 0.25) is 0 Å². The van der Waals surface area contributed by atoms with Crippen molar-refractivity contribution in [3.63, 3.8) is 0 Å². The van der Waals surface area contributed by atoms with Crippen LogP contribution >= 0.6 is 11.3 Å². The number of nitrogens with one attached hydrogen (secondary N) is 1. The van der Waals surface area contributed by atoms with Crippen LogP contribution < -0.4 is 11.0 Å². The average molecular weight is 569 g/mol. The van der Waals surface area contributed by atoms with Crippen molar-refractivity contribution in [2.45, 2.75) is 51.7 Å². The van der Waals surface area contributed by atoms with Crippen molar-refractivity contribution in [3.8, 4) is 0 Å². The topological polar surface area (TPSA) is 204 Å². The first-order valence-corrected chi connectivity index (χ1v) is 12.2. The van der Waals surface area contributed by atoms with Crippen molar-refractivity contribution in [2.24, 2.45) is 0 Å². The number of thiophene rings is 1. The van der Waals surface area contributed by atoms with Crippen LogP contribution in [0.15, 0.2) is 29.2 Å². The molecule has 0 aliphatic carbocycles. The Morgan fingerprint density at radius 1 is 1.08 bits per heavy atom. The van der Waals surface area contributed by atoms with Crippen LogP contribution in [-0.4, -0.2) is 70.0 Å². The third kappa shape index (κ3) is 8.05. The van der Waals surface area contributed by atoms with Crippen LogP contribution in [0.25, 0.3) is 0 Å². The fourth-order valence-electron chi connectivity index (χ4n) is 3.58. The first-order chi connectivity index (χ1) is 18.4. The molecule has 1 N–H and O–H groups in total. The summed E-state index contributed by atoms with van der Waals surface area (Å²) in [4.78, 5) is 74.2. The molecule has 1 fully saturated rings. The number of carbonyl (C=O) groups excluding carboxylic acids is 4. The normalized spacial score (nSPS) is 20.1. The molecule has 0 saturated carbocycles. The maximum absolute atomic E-state index is 12.8. The molecule has 0 unspecified atom stereocenters. The number of hydrogen-bond acceptors (Lipinski definition) is 14. The van der Waals surface area contributed by atoms with Crippen molar-refractivity contribution in [1.82, 2.24) is 9.55 Å². The number of carbonyl (C=O) groups is 4. The number of nitro groups is 1. The van der Waals surface area contributed by atoms with Gasteiger partial charge >= 0.3 is 34.7 Å². The fourth-order valence-corrected chi connectivity index (χ4v) is 4.38. The van der Waals surface area contributed by atoms with E-state index in [4.69, 9.17) is 23.7 Å². The number of rotatable bonds is 10. The van der Waals surface area contributed by atoms with Gasteiger partial charge in [-0.3, -0.25) is 34.4 Å². The minimum Gasteiger partial charge on any atom is -0.463 e. The second kappa shape index (κ2) is 12.9. The Kier molecular flexibility index (Phi) is 9.67. The fraction of sp³-hybridized carbons (Fsp3) is 0.455. The Hall–Kier alpha value is -4.38. The summed E-state index contributed by atoms with van der Waals surface area (Å²) in [5, 5.41) is 13.0. The summed E-state index contributed by atoms with van der Waals surface area (Å²) in [6, 6.07) is 4.16. The van der Waals surface area contributed by atoms with E-state index >= 15 is 0 Å². The number of amides is 1. The van der Waals surface area contributed by atoms with Crippen LogP contribution in [0.2, 0.25) is 0 Å². The molecule has 1 saturated heterocycles. The van der Waals surface area contributed by atoms with E-state index in [1.54, 1.807) is 6.07 Å². The van der Waals surface area contributed by atoms with E-state index in [0.717, 1.165) is 36.7 Å². The smallest absolute Gasteiger partial charge is 0.412 e. The number of nitrogens with zero attached hydrogens (tertiary/aromatic N) is 3. The molecular weight excluding hydrogens is 544 g/mol. The summed E-state index contributed by atoms with van der Waals surface area (Å²) in [6.45, 7) is 2.96. The largest absolute Gasteiger partial charge is 0.463 e. The molecule has 1 amide bonds. The highest BCUT2D eigenvalue weighted by Crippen LogP contribution is 2.33. The lowest BCUT2D eigenvalue weighted by Gasteiger charge is -2.23. The van der Waals surface area contributed by atoms with Crippen LogP contribution in [0.1, 0.15) is 31.9 Å². The average Bonchev–Trinajstić information content (AvgIpc) is 3.43. The van der Waals surface area contributed by atoms with Gasteiger partial charge in [0.25, 0.3) is 0 Å². The van der Waals surface area contributed by atoms with Crippen LogP contribution in [0, 0.1) is 10.1 Å². The summed E-state index contributed by atoms with van der Waals surface area (Å²) in [7, 11) is 0. The number of esters is 3. The van der Waals surface area contributed by atoms with Gasteiger partial charge in [-0.15, -0.1) is 0 Å². The Balaban J connectivity index is 1.69. The zero-order valence-corrected chi connectivity index (χ0v) is 21.7. The van der Waals surface area contributed by atoms with E-state index in [2.05, 4.69) is 10.3 Å². The molecule has 39 heavy (non-hydrogen) atoms. The van der Waals surface area contributed by atoms with Crippen molar-refractivity contribution in [3.05, 3.63) is 49.9 Å². The van der Waals surface area contributed by atoms with Gasteiger partial charge < -0.3 is 23.7 Å². The molecule has 2 aromatic heterocycles. The Bertz CT molecular complexity index is 1310. The van der Waals surface area contributed by atoms with Gasteiger partial charge in [0.1, 0.15) is 18.5 Å². The molecule has 16 nitrogen and oxygen atoms in total. The maximum Gasteiger partial charge on any atom is 0.412 e. The molecule has 0 bridgehead atoms. The molecule has 2 aromatic rings. The van der Waals surface area contributed by atoms with Crippen molar-refractivity contribution < 1.29 is 47.8 Å². The minimum atomic E-state index is -1.31. The summed E-state index contributed by atoms with van der Waals surface area (Å²) < 4.78 is 27.2. The van der Waals surface area contributed by atoms with Crippen LogP contribution in [0.3, 0.4) is 0 Å². The van der Waals surface area contributed by atoms with Crippen LogP contribution in [-0.2, 0) is 44.5 Å². The summed E-state index contributed by atoms with van der Waals surface area (Å²) in [6.07, 6.45) is -4.35. The van der Waals surface area contributed by atoms with Gasteiger partial charge in [0.05, 0.1) is 11.5 Å². The zero-order chi connectivity index (χ0) is 28.7. The van der Waals surface area contributed by atoms with Crippen molar-refractivity contribution >= 4 is 46.2 Å². The lowest BCUT2D eigenvalue weighted by Crippen LogP contribution is -2.41. The highest BCUT2D eigenvalue weighted by atomic mass is 32.1. The number of ether oxygens (including phenoxy) is 5. The molecule has 4 atom stereocenters. The predicted molar refractivity (Wildman–Crippen MR) is 130 cm³/mol. The van der Waals surface area contributed by atoms with Gasteiger partial charge in [-0.1, -0.05) is 11.3 Å². The van der Waals surface area contributed by atoms with E-state index in [9.17, 15) is 34.1 Å². The predicted octanol–water partition coefficient (Wildman–Crippen LogP) is 1.33. The number of hydrogen-bond donors (Lipinski definition) is 1. The van der Waals surface area contributed by atoms with E-state index in [-0.39, 0.29) is 30.5 Å². The zero-order valence-electron chi connectivity index (χ0n) is 20.9. The molecule has 210 valence electrons. The lowest BCUT2D eigenvalue weighted by atomic mass is 10.1. The van der Waals surface area contributed by atoms with Crippen LogP contribution in [0.4, 0.5) is 15.6 Å². The third-order valence-corrected chi connectivity index (χ3v) is 6.18. The van der Waals surface area contributed by atoms with Crippen molar-refractivity contribution in [1.29, 1.82) is 0 Å². The number of aromatic nitrogens is 2. The Labute approximate surface area is 223 Å². The highest BCUT2D eigenvalue weighted by molar-refractivity contribution is 7.15. The molecule has 0 spiro atoms. The van der Waals surface area contributed by atoms with E-state index in [0.29, 0.717) is 4.88 Å². The molecule has 1 aliphatic rings. The number of anilines is 1. The van der Waals surface area contributed by atoms with Gasteiger partial charge in [-0.25, -0.2) is 9.59 Å². The van der Waals surface area contributed by atoms with E-state index < -0.39 is 59.2 Å². The Morgan fingerprint density at radius 3 is 2.36 bits per heavy atom. The van der Waals surface area contributed by atoms with E-state index in [1.807, 2.05) is 0 Å². The summed E-state index contributed by atoms with van der Waals surface area (Å²) in [5.41, 5.74) is -0.921. The Morgan fingerprint density at radius 2 is 1.77 bits per heavy atom. The molecule has 3 rings (SSSR count). The van der Waals surface area contributed by atoms with Gasteiger partial charge in [0.15, 0.2) is 18.4 Å².